The summed E-state index contributed by atoms with van der Waals surface area (Å²) in [5.41, 5.74) is 3.43. The molecule has 1 amide bonds. The highest BCUT2D eigenvalue weighted by Crippen LogP contribution is 2.24. The maximum atomic E-state index is 11.7. The van der Waals surface area contributed by atoms with Gasteiger partial charge in [0.15, 0.2) is 5.16 Å². The van der Waals surface area contributed by atoms with Crippen LogP contribution in [0, 0.1) is 6.92 Å². The average molecular weight is 303 g/mol. The number of carbonyl (C=O) groups is 1. The zero-order valence-corrected chi connectivity index (χ0v) is 13.7. The Labute approximate surface area is 130 Å². The predicted molar refractivity (Wildman–Crippen MR) is 87.4 cm³/mol. The van der Waals surface area contributed by atoms with Crippen LogP contribution in [0.25, 0.3) is 11.3 Å². The lowest BCUT2D eigenvalue weighted by Crippen LogP contribution is -2.31. The summed E-state index contributed by atoms with van der Waals surface area (Å²) in [7, 11) is 1.98. The Kier molecular flexibility index (Phi) is 5.07. The van der Waals surface area contributed by atoms with E-state index < -0.39 is 0 Å². The van der Waals surface area contributed by atoms with Gasteiger partial charge in [0.05, 0.1) is 17.6 Å². The van der Waals surface area contributed by atoms with Crippen molar-refractivity contribution in [3.63, 3.8) is 0 Å². The van der Waals surface area contributed by atoms with Gasteiger partial charge in [-0.2, -0.15) is 0 Å². The van der Waals surface area contributed by atoms with Gasteiger partial charge in [-0.25, -0.2) is 4.98 Å². The third-order valence-corrected chi connectivity index (χ3v) is 4.12. The van der Waals surface area contributed by atoms with E-state index in [1.54, 1.807) is 0 Å². The highest BCUT2D eigenvalue weighted by Gasteiger charge is 2.11. The van der Waals surface area contributed by atoms with Crippen molar-refractivity contribution >= 4 is 17.7 Å². The highest BCUT2D eigenvalue weighted by molar-refractivity contribution is 7.99. The Bertz CT molecular complexity index is 617. The Morgan fingerprint density at radius 3 is 2.62 bits per heavy atom. The van der Waals surface area contributed by atoms with Crippen LogP contribution in [0.2, 0.25) is 0 Å². The molecule has 0 aliphatic heterocycles. The molecule has 21 heavy (non-hydrogen) atoms. The topological polar surface area (TPSA) is 46.9 Å². The SMILES string of the molecule is Cc1ccc(-c2cnc(SCC(=O)NC(C)C)n2C)cc1. The minimum Gasteiger partial charge on any atom is -0.353 e. The van der Waals surface area contributed by atoms with Gasteiger partial charge in [0.1, 0.15) is 0 Å². The molecule has 0 saturated carbocycles. The van der Waals surface area contributed by atoms with Gasteiger partial charge in [-0.1, -0.05) is 41.6 Å². The second-order valence-corrected chi connectivity index (χ2v) is 6.30. The molecule has 0 spiro atoms. The van der Waals surface area contributed by atoms with Gasteiger partial charge < -0.3 is 9.88 Å². The number of hydrogen-bond acceptors (Lipinski definition) is 3. The van der Waals surface area contributed by atoms with Crippen molar-refractivity contribution in [2.24, 2.45) is 7.05 Å². The normalized spacial score (nSPS) is 10.9. The molecule has 0 unspecified atom stereocenters. The van der Waals surface area contributed by atoms with E-state index in [-0.39, 0.29) is 11.9 Å². The van der Waals surface area contributed by atoms with Gasteiger partial charge in [0.2, 0.25) is 5.91 Å². The maximum Gasteiger partial charge on any atom is 0.230 e. The van der Waals surface area contributed by atoms with E-state index in [2.05, 4.69) is 41.5 Å². The van der Waals surface area contributed by atoms with E-state index in [0.717, 1.165) is 16.4 Å². The molecule has 5 heteroatoms. The molecule has 0 fully saturated rings. The number of thioether (sulfide) groups is 1. The molecule has 0 atom stereocenters. The lowest BCUT2D eigenvalue weighted by molar-refractivity contribution is -0.119. The Balaban J connectivity index is 2.07. The second-order valence-electron chi connectivity index (χ2n) is 5.36. The minimum absolute atomic E-state index is 0.0369. The van der Waals surface area contributed by atoms with Gasteiger partial charge in [-0.05, 0) is 26.3 Å². The number of nitrogens with one attached hydrogen (secondary N) is 1. The third-order valence-electron chi connectivity index (χ3n) is 3.07. The Hall–Kier alpha value is -1.75. The molecule has 2 rings (SSSR count). The van der Waals surface area contributed by atoms with E-state index >= 15 is 0 Å². The van der Waals surface area contributed by atoms with Crippen LogP contribution < -0.4 is 5.32 Å². The van der Waals surface area contributed by atoms with Crippen LogP contribution in [0.1, 0.15) is 19.4 Å². The molecule has 0 aliphatic carbocycles. The first-order chi connectivity index (χ1) is 9.97. The van der Waals surface area contributed by atoms with Crippen molar-refractivity contribution in [2.45, 2.75) is 32.0 Å². The maximum absolute atomic E-state index is 11.7. The number of aromatic nitrogens is 2. The van der Waals surface area contributed by atoms with Crippen LogP contribution in [0.3, 0.4) is 0 Å². The van der Waals surface area contributed by atoms with Gasteiger partial charge in [-0.3, -0.25) is 4.79 Å². The largest absolute Gasteiger partial charge is 0.353 e. The number of benzene rings is 1. The second kappa shape index (κ2) is 6.80. The number of carbonyl (C=O) groups excluding carboxylic acids is 1. The molecule has 1 aromatic carbocycles. The molecule has 112 valence electrons. The molecule has 4 nitrogen and oxygen atoms in total. The number of nitrogens with zero attached hydrogens (tertiary/aromatic N) is 2. The standard InChI is InChI=1S/C16H21N3OS/c1-11(2)18-15(20)10-21-16-17-9-14(19(16)4)13-7-5-12(3)6-8-13/h5-9,11H,10H2,1-4H3,(H,18,20). The first-order valence-electron chi connectivity index (χ1n) is 6.98. The van der Waals surface area contributed by atoms with Crippen molar-refractivity contribution in [1.29, 1.82) is 0 Å². The molecule has 0 saturated heterocycles. The van der Waals surface area contributed by atoms with Gasteiger partial charge in [0, 0.05) is 13.1 Å². The van der Waals surface area contributed by atoms with Gasteiger partial charge >= 0.3 is 0 Å². The van der Waals surface area contributed by atoms with Crippen LogP contribution in [0.5, 0.6) is 0 Å². The molecule has 0 radical (unpaired) electrons. The molecule has 0 bridgehead atoms. The van der Waals surface area contributed by atoms with Crippen molar-refractivity contribution < 1.29 is 4.79 Å². The first kappa shape index (κ1) is 15.6. The lowest BCUT2D eigenvalue weighted by atomic mass is 10.1. The van der Waals surface area contributed by atoms with Crippen molar-refractivity contribution in [3.8, 4) is 11.3 Å². The number of imidazole rings is 1. The summed E-state index contributed by atoms with van der Waals surface area (Å²) in [5, 5.41) is 3.73. The van der Waals surface area contributed by atoms with Crippen molar-refractivity contribution in [3.05, 3.63) is 36.0 Å². The van der Waals surface area contributed by atoms with Crippen LogP contribution in [-0.2, 0) is 11.8 Å². The smallest absolute Gasteiger partial charge is 0.230 e. The van der Waals surface area contributed by atoms with Crippen LogP contribution >= 0.6 is 11.8 Å². The fraction of sp³-hybridized carbons (Fsp3) is 0.375. The third kappa shape index (κ3) is 4.11. The van der Waals surface area contributed by atoms with Gasteiger partial charge in [-0.15, -0.1) is 0 Å². The number of aryl methyl sites for hydroxylation is 1. The van der Waals surface area contributed by atoms with Crippen LogP contribution in [0.15, 0.2) is 35.6 Å². The fourth-order valence-electron chi connectivity index (χ4n) is 2.01. The summed E-state index contributed by atoms with van der Waals surface area (Å²) in [4.78, 5) is 16.1. The summed E-state index contributed by atoms with van der Waals surface area (Å²) in [6, 6.07) is 8.53. The van der Waals surface area contributed by atoms with Crippen molar-refractivity contribution in [1.82, 2.24) is 14.9 Å². The molecule has 1 aromatic heterocycles. The van der Waals surface area contributed by atoms with E-state index in [4.69, 9.17) is 0 Å². The van der Waals surface area contributed by atoms with Gasteiger partial charge in [0.25, 0.3) is 0 Å². The molecular weight excluding hydrogens is 282 g/mol. The zero-order chi connectivity index (χ0) is 15.4. The lowest BCUT2D eigenvalue weighted by Gasteiger charge is -2.08. The Morgan fingerprint density at radius 2 is 2.00 bits per heavy atom. The predicted octanol–water partition coefficient (Wildman–Crippen LogP) is 3.01. The summed E-state index contributed by atoms with van der Waals surface area (Å²) in [6.07, 6.45) is 1.85. The molecule has 2 aromatic rings. The van der Waals surface area contributed by atoms with E-state index in [1.165, 1.54) is 17.3 Å². The molecule has 1 N–H and O–H groups in total. The number of rotatable bonds is 5. The van der Waals surface area contributed by atoms with E-state index in [0.29, 0.717) is 5.75 Å². The fourth-order valence-corrected chi connectivity index (χ4v) is 2.78. The monoisotopic (exact) mass is 303 g/mol. The van der Waals surface area contributed by atoms with Crippen molar-refractivity contribution in [2.75, 3.05) is 5.75 Å². The number of amides is 1. The average Bonchev–Trinajstić information content (AvgIpc) is 2.78. The molecule has 1 heterocycles. The Morgan fingerprint density at radius 1 is 1.33 bits per heavy atom. The van der Waals surface area contributed by atoms with Crippen LogP contribution in [0.4, 0.5) is 0 Å². The van der Waals surface area contributed by atoms with Crippen LogP contribution in [-0.4, -0.2) is 27.3 Å². The quantitative estimate of drug-likeness (QED) is 0.864. The summed E-state index contributed by atoms with van der Waals surface area (Å²) < 4.78 is 2.03. The summed E-state index contributed by atoms with van der Waals surface area (Å²) in [6.45, 7) is 5.99. The number of hydrogen-bond donors (Lipinski definition) is 1. The molecular formula is C16H21N3OS. The van der Waals surface area contributed by atoms with E-state index in [1.807, 2.05) is 31.7 Å². The minimum atomic E-state index is 0.0369. The highest BCUT2D eigenvalue weighted by atomic mass is 32.2. The first-order valence-corrected chi connectivity index (χ1v) is 7.97. The summed E-state index contributed by atoms with van der Waals surface area (Å²) >= 11 is 1.46. The summed E-state index contributed by atoms with van der Waals surface area (Å²) in [5.74, 6) is 0.422. The molecule has 0 aliphatic rings. The van der Waals surface area contributed by atoms with E-state index in [9.17, 15) is 4.79 Å². The zero-order valence-electron chi connectivity index (χ0n) is 12.9.